The van der Waals surface area contributed by atoms with E-state index in [1.54, 1.807) is 27.8 Å². The fraction of sp³-hybridized carbons (Fsp3) is 0.636. The van der Waals surface area contributed by atoms with Gasteiger partial charge in [-0.1, -0.05) is 74.0 Å². The lowest BCUT2D eigenvalue weighted by Gasteiger charge is -2.53. The summed E-state index contributed by atoms with van der Waals surface area (Å²) in [4.78, 5) is 57.8. The minimum atomic E-state index is -0.985. The molecule has 2 N–H and O–H groups in total. The van der Waals surface area contributed by atoms with Crippen molar-refractivity contribution in [3.05, 3.63) is 88.5 Å². The Morgan fingerprint density at radius 2 is 1.63 bits per heavy atom. The van der Waals surface area contributed by atoms with Gasteiger partial charge in [-0.2, -0.15) is 0 Å². The number of carbonyl (C=O) groups excluding carboxylic acids is 4. The summed E-state index contributed by atoms with van der Waals surface area (Å²) in [5.74, 6) is -1.08. The second-order valence-corrected chi connectivity index (χ2v) is 22.6. The van der Waals surface area contributed by atoms with Crippen LogP contribution in [0.5, 0.6) is 0 Å². The van der Waals surface area contributed by atoms with E-state index in [2.05, 4.69) is 32.2 Å². The number of hydrogen-bond donors (Lipinski definition) is 2. The van der Waals surface area contributed by atoms with Gasteiger partial charge in [0.15, 0.2) is 5.79 Å². The monoisotopic (exact) mass is 921 g/mol. The smallest absolute Gasteiger partial charge is 0.339 e. The summed E-state index contributed by atoms with van der Waals surface area (Å²) >= 11 is 0. The average molecular weight is 921 g/mol. The Morgan fingerprint density at radius 1 is 0.925 bits per heavy atom. The maximum absolute atomic E-state index is 14.9. The molecule has 1 unspecified atom stereocenters. The zero-order chi connectivity index (χ0) is 47.5. The van der Waals surface area contributed by atoms with Crippen LogP contribution in [0, 0.1) is 29.1 Å². The van der Waals surface area contributed by atoms with Crippen LogP contribution in [0.2, 0.25) is 0 Å². The maximum Gasteiger partial charge on any atom is 0.339 e. The number of epoxide rings is 1. The quantitative estimate of drug-likeness (QED) is 0.132. The third-order valence-electron chi connectivity index (χ3n) is 15.9. The van der Waals surface area contributed by atoms with Crippen LogP contribution in [0.4, 0.5) is 0 Å². The maximum atomic E-state index is 14.9. The molecular formula is C55H72N2O10. The number of aliphatic hydroxyl groups is 1. The second kappa shape index (κ2) is 18.5. The van der Waals surface area contributed by atoms with E-state index < -0.39 is 72.1 Å². The van der Waals surface area contributed by atoms with Crippen molar-refractivity contribution >= 4 is 29.8 Å². The predicted octanol–water partition coefficient (Wildman–Crippen LogP) is 8.29. The Morgan fingerprint density at radius 3 is 2.30 bits per heavy atom. The Bertz CT molecular complexity index is 2240. The first kappa shape index (κ1) is 47.7. The standard InChI is InChI=1S/C55H72N2O10/c1-52(2,3)66-47(59)24-22-39(32-58)56-49(60)43(27-33-13-9-8-10-14-33)57(7)50(61)36-29-44(48-45(30-36)64-55(67-48,37-18-19-37)38-20-21-38)63-51(62)40-16-12-11-15-34(40)28-35-17-23-46-54(6,65-46)26-25-42-41(35)31-53(42,4)5/h8-16,28,30,37-39,41-46,48,58H,17-27,29,31-32H2,1-7H3,(H,56,60)/t39-,41+,42+,43+,44+,45+,46?,48-,54+/m0/s1. The van der Waals surface area contributed by atoms with Gasteiger partial charge in [-0.3, -0.25) is 14.4 Å². The molecule has 7 aliphatic rings. The van der Waals surface area contributed by atoms with E-state index >= 15 is 0 Å². The van der Waals surface area contributed by atoms with Crippen molar-refractivity contribution < 1.29 is 48.0 Å². The van der Waals surface area contributed by atoms with Crippen molar-refractivity contribution in [1.82, 2.24) is 10.2 Å². The molecule has 2 amide bonds. The lowest BCUT2D eigenvalue weighted by molar-refractivity contribution is -0.209. The summed E-state index contributed by atoms with van der Waals surface area (Å²) in [5, 5.41) is 13.2. The van der Waals surface area contributed by atoms with Gasteiger partial charge >= 0.3 is 11.9 Å². The highest BCUT2D eigenvalue weighted by atomic mass is 16.8. The van der Waals surface area contributed by atoms with Gasteiger partial charge in [0.2, 0.25) is 11.8 Å². The van der Waals surface area contributed by atoms with E-state index in [-0.39, 0.29) is 54.6 Å². The van der Waals surface area contributed by atoms with Gasteiger partial charge in [-0.15, -0.1) is 0 Å². The fourth-order valence-corrected chi connectivity index (χ4v) is 11.8. The Hall–Kier alpha value is -4.36. The number of allylic oxidation sites excluding steroid dienone is 1. The van der Waals surface area contributed by atoms with Gasteiger partial charge in [-0.05, 0) is 132 Å². The van der Waals surface area contributed by atoms with Crippen LogP contribution in [0.25, 0.3) is 6.08 Å². The van der Waals surface area contributed by atoms with Crippen LogP contribution in [-0.4, -0.2) is 101 Å². The molecule has 5 aliphatic carbocycles. The van der Waals surface area contributed by atoms with Gasteiger partial charge < -0.3 is 39.0 Å². The summed E-state index contributed by atoms with van der Waals surface area (Å²) in [6, 6.07) is 15.4. The molecule has 9 rings (SSSR count). The van der Waals surface area contributed by atoms with Crippen molar-refractivity contribution in [2.24, 2.45) is 29.1 Å². The van der Waals surface area contributed by atoms with Crippen LogP contribution in [0.1, 0.15) is 140 Å². The molecule has 362 valence electrons. The van der Waals surface area contributed by atoms with Crippen molar-refractivity contribution in [3.63, 3.8) is 0 Å². The highest BCUT2D eigenvalue weighted by molar-refractivity contribution is 5.98. The second-order valence-electron chi connectivity index (χ2n) is 22.6. The van der Waals surface area contributed by atoms with Crippen LogP contribution >= 0.6 is 0 Å². The summed E-state index contributed by atoms with van der Waals surface area (Å²) in [6.07, 6.45) is 11.8. The molecule has 2 saturated heterocycles. The number of likely N-dealkylation sites (N-methyl/N-ethyl adjacent to an activating group) is 1. The van der Waals surface area contributed by atoms with Gasteiger partial charge in [0, 0.05) is 43.7 Å². The molecule has 12 heteroatoms. The molecular weight excluding hydrogens is 849 g/mol. The predicted molar refractivity (Wildman–Crippen MR) is 252 cm³/mol. The molecule has 2 heterocycles. The van der Waals surface area contributed by atoms with Crippen LogP contribution in [0.3, 0.4) is 0 Å². The van der Waals surface area contributed by atoms with E-state index in [0.29, 0.717) is 23.0 Å². The molecule has 0 radical (unpaired) electrons. The van der Waals surface area contributed by atoms with E-state index in [4.69, 9.17) is 23.7 Å². The fourth-order valence-electron chi connectivity index (χ4n) is 11.8. The lowest BCUT2D eigenvalue weighted by Crippen LogP contribution is -2.53. The largest absolute Gasteiger partial charge is 0.460 e. The van der Waals surface area contributed by atoms with E-state index in [1.165, 1.54) is 10.5 Å². The number of fused-ring (bicyclic) bond motifs is 3. The SMILES string of the molecule is CN(C(=O)C1=C[C@H]2OC(C3CC3)(C3CC3)O[C@H]2[C@H](OC(=O)c2ccccc2C=C2CCC3O[C@]3(C)CC[C@@H]3[C@@H]2CC3(C)C)C1)[C@H](Cc1ccccc1)C(=O)N[C@H](CO)CCC(=O)OC(C)(C)C. The van der Waals surface area contributed by atoms with Crippen molar-refractivity contribution in [2.45, 2.75) is 179 Å². The lowest BCUT2D eigenvalue weighted by atomic mass is 9.52. The molecule has 2 aromatic rings. The van der Waals surface area contributed by atoms with Gasteiger partial charge in [-0.25, -0.2) is 4.79 Å². The Balaban J connectivity index is 0.967. The molecule has 0 spiro atoms. The number of esters is 2. The number of nitrogens with one attached hydrogen (secondary N) is 1. The number of aliphatic hydroxyl groups excluding tert-OH is 1. The highest BCUT2D eigenvalue weighted by Gasteiger charge is 2.65. The first-order valence-corrected chi connectivity index (χ1v) is 25.0. The number of rotatable bonds is 15. The number of carbonyl (C=O) groups is 4. The molecule has 2 aliphatic heterocycles. The van der Waals surface area contributed by atoms with Gasteiger partial charge in [0.05, 0.1) is 29.9 Å². The van der Waals surface area contributed by atoms with E-state index in [1.807, 2.05) is 60.7 Å². The summed E-state index contributed by atoms with van der Waals surface area (Å²) in [7, 11) is 1.60. The number of ether oxygens (including phenoxy) is 5. The molecule has 0 bridgehead atoms. The number of benzene rings is 2. The van der Waals surface area contributed by atoms with Crippen LogP contribution in [0.15, 0.2) is 71.8 Å². The molecule has 0 aromatic heterocycles. The summed E-state index contributed by atoms with van der Waals surface area (Å²) in [5.41, 5.74) is 3.42. The van der Waals surface area contributed by atoms with Gasteiger partial charge in [0.1, 0.15) is 30.0 Å². The Kier molecular flexibility index (Phi) is 13.2. The molecule has 9 atom stereocenters. The number of hydrogen-bond acceptors (Lipinski definition) is 10. The average Bonchev–Trinajstić information content (AvgIpc) is 4.21. The first-order chi connectivity index (χ1) is 31.9. The topological polar surface area (TPSA) is 153 Å². The van der Waals surface area contributed by atoms with Crippen molar-refractivity contribution in [2.75, 3.05) is 13.7 Å². The number of nitrogens with zero attached hydrogens (tertiary/aromatic N) is 1. The molecule has 12 nitrogen and oxygen atoms in total. The number of amides is 2. The minimum Gasteiger partial charge on any atom is -0.460 e. The van der Waals surface area contributed by atoms with Crippen molar-refractivity contribution in [1.29, 1.82) is 0 Å². The molecule has 4 saturated carbocycles. The highest BCUT2D eigenvalue weighted by Crippen LogP contribution is 2.61. The third kappa shape index (κ3) is 10.3. The summed E-state index contributed by atoms with van der Waals surface area (Å²) < 4.78 is 32.2. The van der Waals surface area contributed by atoms with Crippen LogP contribution in [-0.2, 0) is 44.5 Å². The Labute approximate surface area is 396 Å². The van der Waals surface area contributed by atoms with E-state index in [0.717, 1.165) is 68.9 Å². The summed E-state index contributed by atoms with van der Waals surface area (Å²) in [6.45, 7) is 12.0. The third-order valence-corrected chi connectivity index (χ3v) is 15.9. The molecule has 6 fully saturated rings. The first-order valence-electron chi connectivity index (χ1n) is 25.0. The van der Waals surface area contributed by atoms with Crippen LogP contribution < -0.4 is 5.32 Å². The van der Waals surface area contributed by atoms with E-state index in [9.17, 15) is 24.3 Å². The molecule has 2 aromatic carbocycles. The van der Waals surface area contributed by atoms with Gasteiger partial charge in [0.25, 0.3) is 0 Å². The minimum absolute atomic E-state index is 0.00163. The van der Waals surface area contributed by atoms with Crippen molar-refractivity contribution in [3.8, 4) is 0 Å². The molecule has 67 heavy (non-hydrogen) atoms. The normalized spacial score (nSPS) is 30.9. The zero-order valence-electron chi connectivity index (χ0n) is 40.6. The zero-order valence-corrected chi connectivity index (χ0v) is 40.6.